The molecule has 1 heterocycles. The van der Waals surface area contributed by atoms with E-state index >= 15 is 0 Å². The number of hydrogen-bond acceptors (Lipinski definition) is 2. The van der Waals surface area contributed by atoms with Gasteiger partial charge in [0, 0.05) is 50.4 Å². The summed E-state index contributed by atoms with van der Waals surface area (Å²) in [4.78, 5) is 6.69. The molecule has 1 fully saturated rings. The quantitative estimate of drug-likeness (QED) is 0.350. The van der Waals surface area contributed by atoms with E-state index in [-0.39, 0.29) is 29.9 Å². The van der Waals surface area contributed by atoms with Crippen LogP contribution in [-0.2, 0) is 0 Å². The van der Waals surface area contributed by atoms with Crippen LogP contribution in [-0.4, -0.2) is 38.7 Å². The van der Waals surface area contributed by atoms with Crippen molar-refractivity contribution in [1.82, 2.24) is 10.6 Å². The van der Waals surface area contributed by atoms with Crippen LogP contribution in [0.15, 0.2) is 53.5 Å². The summed E-state index contributed by atoms with van der Waals surface area (Å²) < 4.78 is 27.0. The largest absolute Gasteiger partial charge is 0.371 e. The molecule has 0 aromatic heterocycles. The van der Waals surface area contributed by atoms with Crippen molar-refractivity contribution in [3.8, 4) is 0 Å². The van der Waals surface area contributed by atoms with Crippen LogP contribution < -0.4 is 15.5 Å². The first-order chi connectivity index (χ1) is 13.6. The summed E-state index contributed by atoms with van der Waals surface area (Å²) in [7, 11) is 1.73. The van der Waals surface area contributed by atoms with Gasteiger partial charge in [-0.05, 0) is 36.6 Å². The zero-order valence-electron chi connectivity index (χ0n) is 16.9. The topological polar surface area (TPSA) is 39.7 Å². The van der Waals surface area contributed by atoms with E-state index in [2.05, 4.69) is 44.8 Å². The van der Waals surface area contributed by atoms with Gasteiger partial charge < -0.3 is 15.5 Å². The number of benzene rings is 2. The van der Waals surface area contributed by atoms with Gasteiger partial charge in [-0.15, -0.1) is 24.0 Å². The van der Waals surface area contributed by atoms with Crippen LogP contribution >= 0.6 is 24.0 Å². The number of hydrogen-bond donors (Lipinski definition) is 2. The molecule has 1 saturated heterocycles. The number of anilines is 1. The molecule has 1 atom stereocenters. The minimum Gasteiger partial charge on any atom is -0.371 e. The van der Waals surface area contributed by atoms with E-state index in [1.165, 1.54) is 17.8 Å². The lowest BCUT2D eigenvalue weighted by atomic mass is 10.0. The zero-order valence-corrected chi connectivity index (χ0v) is 19.2. The average Bonchev–Trinajstić information content (AvgIpc) is 2.72. The number of rotatable bonds is 5. The summed E-state index contributed by atoms with van der Waals surface area (Å²) in [6.45, 7) is 4.42. The van der Waals surface area contributed by atoms with E-state index in [0.717, 1.165) is 32.0 Å². The summed E-state index contributed by atoms with van der Waals surface area (Å²) in [5.41, 5.74) is 1.76. The standard InChI is InChI=1S/C22H28F2N4.HI/c1-16(20-9-8-17(23)14-21(20)24)15-26-22(25-2)27-18-10-12-28(13-11-18)19-6-4-3-5-7-19;/h3-9,14,16,18H,10-13,15H2,1-2H3,(H2,25,26,27);1H. The lowest BCUT2D eigenvalue weighted by Crippen LogP contribution is -2.49. The van der Waals surface area contributed by atoms with Gasteiger partial charge in [0.1, 0.15) is 11.6 Å². The van der Waals surface area contributed by atoms with Gasteiger partial charge in [0.05, 0.1) is 0 Å². The minimum atomic E-state index is -0.555. The smallest absolute Gasteiger partial charge is 0.191 e. The molecule has 0 amide bonds. The molecular formula is C22H29F2IN4. The van der Waals surface area contributed by atoms with Crippen molar-refractivity contribution in [3.05, 3.63) is 65.7 Å². The molecule has 2 N–H and O–H groups in total. The molecule has 0 bridgehead atoms. The highest BCUT2D eigenvalue weighted by atomic mass is 127. The van der Waals surface area contributed by atoms with Gasteiger partial charge in [0.15, 0.2) is 5.96 Å². The van der Waals surface area contributed by atoms with Crippen molar-refractivity contribution in [2.24, 2.45) is 4.99 Å². The van der Waals surface area contributed by atoms with Gasteiger partial charge in [-0.1, -0.05) is 31.2 Å². The van der Waals surface area contributed by atoms with Crippen molar-refractivity contribution in [2.75, 3.05) is 31.6 Å². The first kappa shape index (κ1) is 23.4. The maximum atomic E-state index is 13.9. The Morgan fingerprint density at radius 3 is 2.45 bits per heavy atom. The first-order valence-corrected chi connectivity index (χ1v) is 9.79. The van der Waals surface area contributed by atoms with Crippen molar-refractivity contribution < 1.29 is 8.78 Å². The molecule has 1 unspecified atom stereocenters. The Balaban J connectivity index is 0.00000300. The fraction of sp³-hybridized carbons (Fsp3) is 0.409. The molecular weight excluding hydrogens is 485 g/mol. The third-order valence-corrected chi connectivity index (χ3v) is 5.25. The average molecular weight is 514 g/mol. The van der Waals surface area contributed by atoms with Crippen molar-refractivity contribution in [1.29, 1.82) is 0 Å². The number of piperidine rings is 1. The van der Waals surface area contributed by atoms with E-state index in [4.69, 9.17) is 0 Å². The fourth-order valence-corrected chi connectivity index (χ4v) is 3.57. The molecule has 29 heavy (non-hydrogen) atoms. The molecule has 1 aliphatic rings. The molecule has 0 radical (unpaired) electrons. The second-order valence-corrected chi connectivity index (χ2v) is 7.26. The van der Waals surface area contributed by atoms with Gasteiger partial charge >= 0.3 is 0 Å². The normalized spacial score (nSPS) is 16.1. The number of para-hydroxylation sites is 1. The van der Waals surface area contributed by atoms with Crippen molar-refractivity contribution in [2.45, 2.75) is 31.7 Å². The van der Waals surface area contributed by atoms with Crippen LogP contribution in [0.2, 0.25) is 0 Å². The number of nitrogens with one attached hydrogen (secondary N) is 2. The van der Waals surface area contributed by atoms with Gasteiger partial charge in [-0.2, -0.15) is 0 Å². The highest BCUT2D eigenvalue weighted by Crippen LogP contribution is 2.20. The third kappa shape index (κ3) is 6.55. The monoisotopic (exact) mass is 514 g/mol. The predicted molar refractivity (Wildman–Crippen MR) is 126 cm³/mol. The molecule has 7 heteroatoms. The number of nitrogens with zero attached hydrogens (tertiary/aromatic N) is 2. The van der Waals surface area contributed by atoms with Gasteiger partial charge in [-0.3, -0.25) is 4.99 Å². The number of guanidine groups is 1. The Hall–Kier alpha value is -1.90. The fourth-order valence-electron chi connectivity index (χ4n) is 3.57. The summed E-state index contributed by atoms with van der Waals surface area (Å²) in [6.07, 6.45) is 2.05. The third-order valence-electron chi connectivity index (χ3n) is 5.25. The van der Waals surface area contributed by atoms with Gasteiger partial charge in [-0.25, -0.2) is 8.78 Å². The second kappa shape index (κ2) is 11.3. The maximum Gasteiger partial charge on any atom is 0.191 e. The molecule has 1 aliphatic heterocycles. The van der Waals surface area contributed by atoms with E-state index in [1.807, 2.05) is 13.0 Å². The lowest BCUT2D eigenvalue weighted by Gasteiger charge is -2.34. The molecule has 2 aromatic carbocycles. The van der Waals surface area contributed by atoms with Crippen LogP contribution in [0.1, 0.15) is 31.2 Å². The van der Waals surface area contributed by atoms with E-state index < -0.39 is 11.6 Å². The molecule has 158 valence electrons. The SMILES string of the molecule is CN=C(NCC(C)c1ccc(F)cc1F)NC1CCN(c2ccccc2)CC1.I. The Labute approximate surface area is 188 Å². The highest BCUT2D eigenvalue weighted by Gasteiger charge is 2.20. The van der Waals surface area contributed by atoms with Gasteiger partial charge in [0.25, 0.3) is 0 Å². The summed E-state index contributed by atoms with van der Waals surface area (Å²) in [5.74, 6) is -0.446. The molecule has 4 nitrogen and oxygen atoms in total. The van der Waals surface area contributed by atoms with E-state index in [1.54, 1.807) is 7.05 Å². The summed E-state index contributed by atoms with van der Waals surface area (Å²) >= 11 is 0. The summed E-state index contributed by atoms with van der Waals surface area (Å²) in [5, 5.41) is 6.73. The van der Waals surface area contributed by atoms with Crippen molar-refractivity contribution in [3.63, 3.8) is 0 Å². The lowest BCUT2D eigenvalue weighted by molar-refractivity contribution is 0.460. The van der Waals surface area contributed by atoms with Crippen LogP contribution in [0.4, 0.5) is 14.5 Å². The van der Waals surface area contributed by atoms with Crippen LogP contribution in [0, 0.1) is 11.6 Å². The number of halogens is 3. The first-order valence-electron chi connectivity index (χ1n) is 9.79. The summed E-state index contributed by atoms with van der Waals surface area (Å²) in [6, 6.07) is 14.5. The van der Waals surface area contributed by atoms with Crippen LogP contribution in [0.3, 0.4) is 0 Å². The zero-order chi connectivity index (χ0) is 19.9. The van der Waals surface area contributed by atoms with Gasteiger partial charge in [0.2, 0.25) is 0 Å². The maximum absolute atomic E-state index is 13.9. The van der Waals surface area contributed by atoms with E-state index in [9.17, 15) is 8.78 Å². The predicted octanol–water partition coefficient (Wildman–Crippen LogP) is 4.52. The Kier molecular flexibility index (Phi) is 9.13. The van der Waals surface area contributed by atoms with Crippen LogP contribution in [0.25, 0.3) is 0 Å². The Morgan fingerprint density at radius 1 is 1.14 bits per heavy atom. The Bertz CT molecular complexity index is 793. The minimum absolute atomic E-state index is 0. The molecule has 3 rings (SSSR count). The molecule has 0 saturated carbocycles. The van der Waals surface area contributed by atoms with Crippen LogP contribution in [0.5, 0.6) is 0 Å². The van der Waals surface area contributed by atoms with Crippen molar-refractivity contribution >= 4 is 35.6 Å². The highest BCUT2D eigenvalue weighted by molar-refractivity contribution is 14.0. The Morgan fingerprint density at radius 2 is 1.83 bits per heavy atom. The van der Waals surface area contributed by atoms with E-state index in [0.29, 0.717) is 24.1 Å². The number of aliphatic imine (C=N–C) groups is 1. The molecule has 0 aliphatic carbocycles. The second-order valence-electron chi connectivity index (χ2n) is 7.26. The molecule has 2 aromatic rings. The molecule has 0 spiro atoms.